The largest absolute Gasteiger partial charge is 0.459 e. The molecule has 0 unspecified atom stereocenters. The molecule has 4 nitrogen and oxygen atoms in total. The Bertz CT molecular complexity index is 597. The molecule has 0 saturated heterocycles. The maximum Gasteiger partial charge on any atom is 0.306 e. The Morgan fingerprint density at radius 2 is 2.29 bits per heavy atom. The number of ether oxygens (including phenoxy) is 1. The number of nitrogens with zero attached hydrogens (tertiary/aromatic N) is 1. The van der Waals surface area contributed by atoms with E-state index in [0.29, 0.717) is 29.7 Å². The van der Waals surface area contributed by atoms with Crippen LogP contribution in [0.1, 0.15) is 43.6 Å². The van der Waals surface area contributed by atoms with Crippen molar-refractivity contribution >= 4 is 17.3 Å². The van der Waals surface area contributed by atoms with Gasteiger partial charge in [-0.3, -0.25) is 4.79 Å². The second-order valence-corrected chi connectivity index (χ2v) is 6.46. The van der Waals surface area contributed by atoms with Crippen molar-refractivity contribution in [3.05, 3.63) is 29.0 Å². The molecule has 0 N–H and O–H groups in total. The molecule has 112 valence electrons. The lowest BCUT2D eigenvalue weighted by molar-refractivity contribution is -0.146. The molecule has 1 fully saturated rings. The fourth-order valence-corrected chi connectivity index (χ4v) is 3.37. The Morgan fingerprint density at radius 1 is 1.48 bits per heavy atom. The van der Waals surface area contributed by atoms with Gasteiger partial charge in [0, 0.05) is 6.42 Å². The van der Waals surface area contributed by atoms with Crippen molar-refractivity contribution in [3.8, 4) is 10.8 Å². The minimum absolute atomic E-state index is 0.123. The zero-order chi connectivity index (χ0) is 14.7. The molecule has 0 aliphatic heterocycles. The number of hydrogen-bond donors (Lipinski definition) is 0. The van der Waals surface area contributed by atoms with Crippen LogP contribution in [-0.4, -0.2) is 11.0 Å². The number of carbonyl (C=O) groups is 1. The van der Waals surface area contributed by atoms with Gasteiger partial charge in [0.1, 0.15) is 18.1 Å². The highest BCUT2D eigenvalue weighted by atomic mass is 32.1. The minimum Gasteiger partial charge on any atom is -0.459 e. The second-order valence-electron chi connectivity index (χ2n) is 5.51. The first-order chi connectivity index (χ1) is 10.2. The summed E-state index contributed by atoms with van der Waals surface area (Å²) in [4.78, 5) is 17.3. The summed E-state index contributed by atoms with van der Waals surface area (Å²) in [6.07, 6.45) is 5.32. The van der Waals surface area contributed by atoms with Gasteiger partial charge in [-0.25, -0.2) is 4.98 Å². The number of thiophene rings is 1. The van der Waals surface area contributed by atoms with Crippen LogP contribution in [0.5, 0.6) is 0 Å². The van der Waals surface area contributed by atoms with Gasteiger partial charge in [0.05, 0.1) is 4.88 Å². The lowest BCUT2D eigenvalue weighted by Gasteiger charge is -2.07. The molecule has 0 amide bonds. The van der Waals surface area contributed by atoms with Crippen LogP contribution in [0.4, 0.5) is 0 Å². The number of aryl methyl sites for hydroxylation is 1. The van der Waals surface area contributed by atoms with Gasteiger partial charge in [-0.15, -0.1) is 11.3 Å². The molecule has 2 aromatic rings. The summed E-state index contributed by atoms with van der Waals surface area (Å²) in [6.45, 7) is 2.05. The third-order valence-corrected chi connectivity index (χ3v) is 4.78. The Balaban J connectivity index is 1.56. The van der Waals surface area contributed by atoms with Gasteiger partial charge in [0.2, 0.25) is 5.89 Å². The highest BCUT2D eigenvalue weighted by Crippen LogP contribution is 2.28. The van der Waals surface area contributed by atoms with Crippen LogP contribution in [0.25, 0.3) is 10.8 Å². The van der Waals surface area contributed by atoms with Crippen molar-refractivity contribution in [1.29, 1.82) is 0 Å². The predicted molar refractivity (Wildman–Crippen MR) is 80.9 cm³/mol. The van der Waals surface area contributed by atoms with E-state index in [9.17, 15) is 4.79 Å². The average Bonchev–Trinajstić information content (AvgIpc) is 3.17. The molecule has 2 heterocycles. The van der Waals surface area contributed by atoms with Gasteiger partial charge in [0.25, 0.3) is 0 Å². The van der Waals surface area contributed by atoms with Crippen LogP contribution >= 0.6 is 11.3 Å². The van der Waals surface area contributed by atoms with Crippen LogP contribution in [0, 0.1) is 12.8 Å². The zero-order valence-electron chi connectivity index (χ0n) is 12.1. The maximum atomic E-state index is 11.8. The summed E-state index contributed by atoms with van der Waals surface area (Å²) < 4.78 is 11.0. The van der Waals surface area contributed by atoms with E-state index in [1.807, 2.05) is 24.4 Å². The number of esters is 1. The number of rotatable bonds is 5. The second kappa shape index (κ2) is 6.43. The summed E-state index contributed by atoms with van der Waals surface area (Å²) >= 11 is 1.58. The zero-order valence-corrected chi connectivity index (χ0v) is 12.9. The minimum atomic E-state index is -0.123. The molecule has 0 spiro atoms. The average molecular weight is 305 g/mol. The molecule has 5 heteroatoms. The van der Waals surface area contributed by atoms with Gasteiger partial charge in [-0.2, -0.15) is 0 Å². The Kier molecular flexibility index (Phi) is 4.39. The van der Waals surface area contributed by atoms with E-state index >= 15 is 0 Å². The van der Waals surface area contributed by atoms with Crippen molar-refractivity contribution < 1.29 is 13.9 Å². The molecule has 0 aromatic carbocycles. The molecule has 0 bridgehead atoms. The van der Waals surface area contributed by atoms with Gasteiger partial charge >= 0.3 is 5.97 Å². The lowest BCUT2D eigenvalue weighted by Crippen LogP contribution is -2.10. The Labute approximate surface area is 128 Å². The molecule has 3 rings (SSSR count). The van der Waals surface area contributed by atoms with E-state index in [-0.39, 0.29) is 12.6 Å². The highest BCUT2D eigenvalue weighted by Gasteiger charge is 2.20. The Hall–Kier alpha value is -1.62. The van der Waals surface area contributed by atoms with Crippen LogP contribution in [0.3, 0.4) is 0 Å². The van der Waals surface area contributed by atoms with E-state index in [1.54, 1.807) is 11.3 Å². The number of aromatic nitrogens is 1. The molecule has 1 aliphatic carbocycles. The topological polar surface area (TPSA) is 52.3 Å². The van der Waals surface area contributed by atoms with Crippen LogP contribution in [0.2, 0.25) is 0 Å². The number of carbonyl (C=O) groups excluding carboxylic acids is 1. The van der Waals surface area contributed by atoms with Crippen molar-refractivity contribution in [2.75, 3.05) is 0 Å². The van der Waals surface area contributed by atoms with E-state index in [1.165, 1.54) is 12.8 Å². The standard InChI is InChI=1S/C16H19NO3S/c1-11-13(17-16(20-11)14-7-4-8-21-14)10-19-15(18)9-12-5-2-3-6-12/h4,7-8,12H,2-3,5-6,9-10H2,1H3. The highest BCUT2D eigenvalue weighted by molar-refractivity contribution is 7.13. The summed E-state index contributed by atoms with van der Waals surface area (Å²) in [7, 11) is 0. The molecule has 1 saturated carbocycles. The molecule has 0 radical (unpaired) electrons. The lowest BCUT2D eigenvalue weighted by atomic mass is 10.0. The SMILES string of the molecule is Cc1oc(-c2cccs2)nc1COC(=O)CC1CCCC1. The molecular formula is C16H19NO3S. The first-order valence-electron chi connectivity index (χ1n) is 7.38. The van der Waals surface area contributed by atoms with E-state index < -0.39 is 0 Å². The summed E-state index contributed by atoms with van der Waals surface area (Å²) in [6, 6.07) is 3.92. The van der Waals surface area contributed by atoms with Crippen molar-refractivity contribution in [2.45, 2.75) is 45.6 Å². The number of hydrogen-bond acceptors (Lipinski definition) is 5. The molecule has 2 aromatic heterocycles. The van der Waals surface area contributed by atoms with Crippen molar-refractivity contribution in [3.63, 3.8) is 0 Å². The fourth-order valence-electron chi connectivity index (χ4n) is 2.73. The van der Waals surface area contributed by atoms with E-state index in [4.69, 9.17) is 9.15 Å². The summed E-state index contributed by atoms with van der Waals surface area (Å²) in [5.41, 5.74) is 0.707. The first kappa shape index (κ1) is 14.3. The molecule has 21 heavy (non-hydrogen) atoms. The molecule has 1 aliphatic rings. The summed E-state index contributed by atoms with van der Waals surface area (Å²) in [5, 5.41) is 1.98. The van der Waals surface area contributed by atoms with Crippen molar-refractivity contribution in [1.82, 2.24) is 4.98 Å². The van der Waals surface area contributed by atoms with E-state index in [0.717, 1.165) is 17.7 Å². The molecular weight excluding hydrogens is 286 g/mol. The van der Waals surface area contributed by atoms with Crippen LogP contribution in [-0.2, 0) is 16.1 Å². The quantitative estimate of drug-likeness (QED) is 0.771. The first-order valence-corrected chi connectivity index (χ1v) is 8.26. The van der Waals surface area contributed by atoms with Crippen LogP contribution in [0.15, 0.2) is 21.9 Å². The molecule has 0 atom stereocenters. The smallest absolute Gasteiger partial charge is 0.306 e. The van der Waals surface area contributed by atoms with Gasteiger partial charge < -0.3 is 9.15 Å². The van der Waals surface area contributed by atoms with Crippen LogP contribution < -0.4 is 0 Å². The van der Waals surface area contributed by atoms with Gasteiger partial charge in [-0.05, 0) is 37.1 Å². The number of oxazole rings is 1. The predicted octanol–water partition coefficient (Wildman–Crippen LogP) is 4.34. The normalized spacial score (nSPS) is 15.5. The third-order valence-electron chi connectivity index (χ3n) is 3.92. The van der Waals surface area contributed by atoms with Gasteiger partial charge in [0.15, 0.2) is 0 Å². The van der Waals surface area contributed by atoms with Gasteiger partial charge in [-0.1, -0.05) is 18.9 Å². The monoisotopic (exact) mass is 305 g/mol. The maximum absolute atomic E-state index is 11.8. The summed E-state index contributed by atoms with van der Waals surface area (Å²) in [5.74, 6) is 1.70. The van der Waals surface area contributed by atoms with Crippen molar-refractivity contribution in [2.24, 2.45) is 5.92 Å². The van der Waals surface area contributed by atoms with E-state index in [2.05, 4.69) is 4.98 Å². The fraction of sp³-hybridized carbons (Fsp3) is 0.500. The Morgan fingerprint density at radius 3 is 3.00 bits per heavy atom. The third kappa shape index (κ3) is 3.53.